The topological polar surface area (TPSA) is 79.0 Å². The van der Waals surface area contributed by atoms with Crippen molar-refractivity contribution in [3.63, 3.8) is 0 Å². The van der Waals surface area contributed by atoms with Crippen LogP contribution >= 0.6 is 12.4 Å². The maximum atomic E-state index is 12.7. The normalized spacial score (nSPS) is 30.0. The molecule has 1 N–H and O–H groups in total. The van der Waals surface area contributed by atoms with E-state index in [9.17, 15) is 13.2 Å². The van der Waals surface area contributed by atoms with Crippen molar-refractivity contribution < 1.29 is 17.9 Å². The molecule has 24 heavy (non-hydrogen) atoms. The second kappa shape index (κ2) is 8.80. The first-order chi connectivity index (χ1) is 11.1. The first kappa shape index (κ1) is 19.9. The second-order valence-corrected chi connectivity index (χ2v) is 8.70. The lowest BCUT2D eigenvalue weighted by atomic mass is 10.1. The molecule has 3 aliphatic rings. The maximum absolute atomic E-state index is 12.7. The summed E-state index contributed by atoms with van der Waals surface area (Å²) in [6.07, 6.45) is 4.41. The van der Waals surface area contributed by atoms with Gasteiger partial charge in [0.1, 0.15) is 0 Å². The quantitative estimate of drug-likeness (QED) is 0.752. The van der Waals surface area contributed by atoms with Gasteiger partial charge in [-0.3, -0.25) is 4.79 Å². The molecule has 0 saturated carbocycles. The second-order valence-electron chi connectivity index (χ2n) is 6.69. The predicted molar refractivity (Wildman–Crippen MR) is 93.8 cm³/mol. The minimum atomic E-state index is -3.32. The number of nitrogens with one attached hydrogen (secondary N) is 1. The molecule has 140 valence electrons. The van der Waals surface area contributed by atoms with Gasteiger partial charge in [0.2, 0.25) is 15.9 Å². The van der Waals surface area contributed by atoms with Gasteiger partial charge >= 0.3 is 0 Å². The number of piperazine rings is 1. The van der Waals surface area contributed by atoms with Crippen molar-refractivity contribution in [2.75, 3.05) is 45.1 Å². The Balaban J connectivity index is 0.00000208. The van der Waals surface area contributed by atoms with Gasteiger partial charge < -0.3 is 15.0 Å². The van der Waals surface area contributed by atoms with Crippen molar-refractivity contribution >= 4 is 28.3 Å². The summed E-state index contributed by atoms with van der Waals surface area (Å²) in [5.41, 5.74) is 0. The summed E-state index contributed by atoms with van der Waals surface area (Å²) in [6, 6.07) is 0.0143. The Morgan fingerprint density at radius 3 is 2.71 bits per heavy atom. The molecule has 7 nitrogen and oxygen atoms in total. The number of amides is 1. The Morgan fingerprint density at radius 1 is 1.17 bits per heavy atom. The van der Waals surface area contributed by atoms with Crippen LogP contribution in [0.15, 0.2) is 0 Å². The lowest BCUT2D eigenvalue weighted by Gasteiger charge is -2.40. The van der Waals surface area contributed by atoms with Crippen LogP contribution in [0.4, 0.5) is 0 Å². The van der Waals surface area contributed by atoms with Crippen LogP contribution in [0, 0.1) is 0 Å². The van der Waals surface area contributed by atoms with Crippen LogP contribution < -0.4 is 5.32 Å². The molecule has 2 atom stereocenters. The average molecular weight is 382 g/mol. The molecule has 0 aliphatic carbocycles. The monoisotopic (exact) mass is 381 g/mol. The number of halogens is 1. The van der Waals surface area contributed by atoms with E-state index in [4.69, 9.17) is 4.74 Å². The Bertz CT molecular complexity index is 525. The largest absolute Gasteiger partial charge is 0.377 e. The number of carbonyl (C=O) groups is 1. The SMILES string of the molecule is Cl.O=C1CNCCN1C1CCCN(S(=O)(=O)CC2CCCCO2)C1. The molecule has 0 aromatic rings. The van der Waals surface area contributed by atoms with E-state index in [2.05, 4.69) is 5.32 Å². The van der Waals surface area contributed by atoms with Crippen molar-refractivity contribution in [3.8, 4) is 0 Å². The van der Waals surface area contributed by atoms with Gasteiger partial charge in [-0.1, -0.05) is 0 Å². The van der Waals surface area contributed by atoms with Gasteiger partial charge in [-0.05, 0) is 32.1 Å². The van der Waals surface area contributed by atoms with Crippen LogP contribution in [0.2, 0.25) is 0 Å². The number of rotatable bonds is 4. The highest BCUT2D eigenvalue weighted by Gasteiger charge is 2.35. The van der Waals surface area contributed by atoms with Gasteiger partial charge in [-0.2, -0.15) is 4.31 Å². The van der Waals surface area contributed by atoms with Crippen molar-refractivity contribution in [2.45, 2.75) is 44.2 Å². The van der Waals surface area contributed by atoms with Gasteiger partial charge in [0, 0.05) is 38.8 Å². The van der Waals surface area contributed by atoms with Crippen molar-refractivity contribution in [2.24, 2.45) is 0 Å². The van der Waals surface area contributed by atoms with Crippen molar-refractivity contribution in [1.29, 1.82) is 0 Å². The van der Waals surface area contributed by atoms with Gasteiger partial charge in [-0.25, -0.2) is 8.42 Å². The van der Waals surface area contributed by atoms with Crippen LogP contribution in [0.5, 0.6) is 0 Å². The van der Waals surface area contributed by atoms with E-state index in [1.165, 1.54) is 0 Å². The molecule has 3 aliphatic heterocycles. The first-order valence-corrected chi connectivity index (χ1v) is 10.3. The number of ether oxygens (including phenoxy) is 1. The molecule has 1 amide bonds. The van der Waals surface area contributed by atoms with Crippen LogP contribution in [-0.2, 0) is 19.6 Å². The number of carbonyl (C=O) groups excluding carboxylic acids is 1. The summed E-state index contributed by atoms with van der Waals surface area (Å²) in [7, 11) is -3.32. The molecule has 9 heteroatoms. The van der Waals surface area contributed by atoms with Gasteiger partial charge in [-0.15, -0.1) is 12.4 Å². The number of piperidine rings is 1. The van der Waals surface area contributed by atoms with E-state index in [1.807, 2.05) is 4.90 Å². The molecule has 0 aromatic heterocycles. The molecular formula is C15H28ClN3O4S. The summed E-state index contributed by atoms with van der Waals surface area (Å²) >= 11 is 0. The Morgan fingerprint density at radius 2 is 2.00 bits per heavy atom. The zero-order valence-corrected chi connectivity index (χ0v) is 15.6. The summed E-state index contributed by atoms with van der Waals surface area (Å²) in [6.45, 7) is 3.47. The minimum absolute atomic E-state index is 0. The number of hydrogen-bond donors (Lipinski definition) is 1. The third-order valence-electron chi connectivity index (χ3n) is 4.99. The highest BCUT2D eigenvalue weighted by Crippen LogP contribution is 2.22. The minimum Gasteiger partial charge on any atom is -0.377 e. The predicted octanol–water partition coefficient (Wildman–Crippen LogP) is 0.203. The van der Waals surface area contributed by atoms with Crippen LogP contribution in [0.25, 0.3) is 0 Å². The smallest absolute Gasteiger partial charge is 0.236 e. The fourth-order valence-electron chi connectivity index (χ4n) is 3.71. The first-order valence-electron chi connectivity index (χ1n) is 8.66. The van der Waals surface area contributed by atoms with E-state index in [-0.39, 0.29) is 36.2 Å². The maximum Gasteiger partial charge on any atom is 0.236 e. The van der Waals surface area contributed by atoms with Gasteiger partial charge in [0.15, 0.2) is 0 Å². The molecule has 0 radical (unpaired) electrons. The van der Waals surface area contributed by atoms with Crippen LogP contribution in [0.3, 0.4) is 0 Å². The van der Waals surface area contributed by atoms with Crippen molar-refractivity contribution in [1.82, 2.24) is 14.5 Å². The van der Waals surface area contributed by atoms with Gasteiger partial charge in [0.05, 0.1) is 18.4 Å². The molecule has 0 spiro atoms. The fraction of sp³-hybridized carbons (Fsp3) is 0.933. The van der Waals surface area contributed by atoms with Crippen LogP contribution in [-0.4, -0.2) is 80.8 Å². The standard InChI is InChI=1S/C15H27N3O4S.ClH/c19-15-10-16-6-8-18(15)13-4-3-7-17(11-13)23(20,21)12-14-5-1-2-9-22-14;/h13-14,16H,1-12H2;1H. The highest BCUT2D eigenvalue weighted by atomic mass is 35.5. The molecule has 3 saturated heterocycles. The van der Waals surface area contributed by atoms with E-state index < -0.39 is 10.0 Å². The summed E-state index contributed by atoms with van der Waals surface area (Å²) in [5.74, 6) is 0.158. The number of nitrogens with zero attached hydrogens (tertiary/aromatic N) is 2. The molecule has 3 fully saturated rings. The molecule has 3 rings (SSSR count). The summed E-state index contributed by atoms with van der Waals surface area (Å²) in [4.78, 5) is 13.9. The Hall–Kier alpha value is -0.410. The van der Waals surface area contributed by atoms with E-state index in [1.54, 1.807) is 4.31 Å². The zero-order chi connectivity index (χ0) is 16.3. The molecular weight excluding hydrogens is 354 g/mol. The van der Waals surface area contributed by atoms with Crippen LogP contribution in [0.1, 0.15) is 32.1 Å². The highest BCUT2D eigenvalue weighted by molar-refractivity contribution is 7.89. The lowest BCUT2D eigenvalue weighted by molar-refractivity contribution is -0.135. The molecule has 2 unspecified atom stereocenters. The Labute approximate surface area is 150 Å². The van der Waals surface area contributed by atoms with Crippen molar-refractivity contribution in [3.05, 3.63) is 0 Å². The summed E-state index contributed by atoms with van der Waals surface area (Å²) < 4.78 is 32.6. The van der Waals surface area contributed by atoms with Gasteiger partial charge in [0.25, 0.3) is 0 Å². The molecule has 0 bridgehead atoms. The summed E-state index contributed by atoms with van der Waals surface area (Å²) in [5, 5.41) is 3.06. The average Bonchev–Trinajstić information content (AvgIpc) is 2.56. The molecule has 0 aromatic carbocycles. The third-order valence-corrected chi connectivity index (χ3v) is 6.90. The lowest BCUT2D eigenvalue weighted by Crippen LogP contribution is -2.57. The number of hydrogen-bond acceptors (Lipinski definition) is 5. The van der Waals surface area contributed by atoms with E-state index in [0.29, 0.717) is 32.8 Å². The molecule has 3 heterocycles. The Kier molecular flexibility index (Phi) is 7.30. The van der Waals surface area contributed by atoms with E-state index in [0.717, 1.165) is 38.6 Å². The van der Waals surface area contributed by atoms with E-state index >= 15 is 0 Å². The fourth-order valence-corrected chi connectivity index (χ4v) is 5.46. The zero-order valence-electron chi connectivity index (χ0n) is 14.0. The third kappa shape index (κ3) is 4.82. The number of sulfonamides is 1.